The van der Waals surface area contributed by atoms with Crippen LogP contribution in [0.1, 0.15) is 21.5 Å². The van der Waals surface area contributed by atoms with Crippen molar-refractivity contribution in [2.24, 2.45) is 5.10 Å². The minimum absolute atomic E-state index is 0.165. The maximum Gasteiger partial charge on any atom is 0.416 e. The molecule has 0 saturated heterocycles. The fraction of sp³-hybridized carbons (Fsp3) is 0.0435. The molecule has 0 aliphatic heterocycles. The Bertz CT molecular complexity index is 1190. The summed E-state index contributed by atoms with van der Waals surface area (Å²) in [5.74, 6) is -2.85. The molecule has 2 N–H and O–H groups in total. The third kappa shape index (κ3) is 6.50. The van der Waals surface area contributed by atoms with Crippen molar-refractivity contribution in [1.82, 2.24) is 5.43 Å². The Hall–Kier alpha value is -4.47. The van der Waals surface area contributed by atoms with Crippen LogP contribution in [0.4, 0.5) is 18.9 Å². The van der Waals surface area contributed by atoms with E-state index in [1.165, 1.54) is 12.1 Å². The fourth-order valence-corrected chi connectivity index (χ4v) is 2.59. The Morgan fingerprint density at radius 2 is 1.55 bits per heavy atom. The van der Waals surface area contributed by atoms with Gasteiger partial charge in [0.2, 0.25) is 0 Å². The van der Waals surface area contributed by atoms with Crippen molar-refractivity contribution in [3.63, 3.8) is 0 Å². The number of halogens is 3. The number of carbonyl (C=O) groups excluding carboxylic acids is 3. The summed E-state index contributed by atoms with van der Waals surface area (Å²) < 4.78 is 43.6. The second kappa shape index (κ2) is 10.2. The number of ether oxygens (including phenoxy) is 1. The van der Waals surface area contributed by atoms with Gasteiger partial charge in [-0.25, -0.2) is 10.2 Å². The van der Waals surface area contributed by atoms with Crippen LogP contribution in [-0.2, 0) is 15.8 Å². The van der Waals surface area contributed by atoms with Crippen LogP contribution >= 0.6 is 0 Å². The minimum atomic E-state index is -4.59. The van der Waals surface area contributed by atoms with Crippen LogP contribution in [0.25, 0.3) is 0 Å². The quantitative estimate of drug-likeness (QED) is 0.200. The molecule has 7 nitrogen and oxygen atoms in total. The average molecular weight is 455 g/mol. The molecule has 0 bridgehead atoms. The zero-order valence-electron chi connectivity index (χ0n) is 16.8. The van der Waals surface area contributed by atoms with E-state index < -0.39 is 29.5 Å². The molecule has 168 valence electrons. The first kappa shape index (κ1) is 23.2. The molecule has 0 radical (unpaired) electrons. The number of amides is 2. The van der Waals surface area contributed by atoms with Crippen molar-refractivity contribution in [3.8, 4) is 5.75 Å². The van der Waals surface area contributed by atoms with E-state index in [2.05, 4.69) is 10.4 Å². The number of hydrazone groups is 1. The fourth-order valence-electron chi connectivity index (χ4n) is 2.59. The van der Waals surface area contributed by atoms with Crippen molar-refractivity contribution in [2.45, 2.75) is 6.18 Å². The molecular weight excluding hydrogens is 439 g/mol. The van der Waals surface area contributed by atoms with Crippen LogP contribution in [0, 0.1) is 0 Å². The van der Waals surface area contributed by atoms with Gasteiger partial charge in [-0.1, -0.05) is 36.4 Å². The number of esters is 1. The van der Waals surface area contributed by atoms with Gasteiger partial charge in [0.25, 0.3) is 0 Å². The summed E-state index contributed by atoms with van der Waals surface area (Å²) in [5, 5.41) is 5.71. The van der Waals surface area contributed by atoms with Gasteiger partial charge in [0.05, 0.1) is 17.3 Å². The second-order valence-electron chi connectivity index (χ2n) is 6.53. The number of para-hydroxylation sites is 1. The number of alkyl halides is 3. The Balaban J connectivity index is 1.61. The van der Waals surface area contributed by atoms with E-state index in [4.69, 9.17) is 4.74 Å². The van der Waals surface area contributed by atoms with Crippen molar-refractivity contribution < 1.29 is 32.3 Å². The monoisotopic (exact) mass is 455 g/mol. The zero-order chi connectivity index (χ0) is 23.8. The molecule has 0 atom stereocenters. The van der Waals surface area contributed by atoms with Gasteiger partial charge in [-0.2, -0.15) is 18.3 Å². The highest BCUT2D eigenvalue weighted by molar-refractivity contribution is 6.39. The maximum absolute atomic E-state index is 12.8. The molecule has 0 saturated carbocycles. The topological polar surface area (TPSA) is 96.9 Å². The van der Waals surface area contributed by atoms with Crippen molar-refractivity contribution in [3.05, 3.63) is 95.6 Å². The number of hydrogen-bond acceptors (Lipinski definition) is 5. The molecule has 33 heavy (non-hydrogen) atoms. The Kier molecular flexibility index (Phi) is 7.19. The second-order valence-corrected chi connectivity index (χ2v) is 6.53. The number of benzene rings is 3. The summed E-state index contributed by atoms with van der Waals surface area (Å²) in [7, 11) is 0. The smallest absolute Gasteiger partial charge is 0.416 e. The van der Waals surface area contributed by atoms with E-state index in [1.54, 1.807) is 48.5 Å². The lowest BCUT2D eigenvalue weighted by Gasteiger charge is -2.09. The summed E-state index contributed by atoms with van der Waals surface area (Å²) >= 11 is 0. The highest BCUT2D eigenvalue weighted by Gasteiger charge is 2.30. The molecule has 0 heterocycles. The molecule has 0 aliphatic carbocycles. The summed E-state index contributed by atoms with van der Waals surface area (Å²) in [5.41, 5.74) is 1.46. The molecule has 0 aliphatic rings. The number of rotatable bonds is 5. The molecule has 0 aromatic heterocycles. The van der Waals surface area contributed by atoms with Crippen LogP contribution in [0.2, 0.25) is 0 Å². The first-order valence-corrected chi connectivity index (χ1v) is 9.42. The van der Waals surface area contributed by atoms with Crippen LogP contribution in [0.15, 0.2) is 84.0 Å². The lowest BCUT2D eigenvalue weighted by Crippen LogP contribution is -2.32. The van der Waals surface area contributed by atoms with Crippen LogP contribution < -0.4 is 15.5 Å². The molecular formula is C23H16F3N3O4. The Morgan fingerprint density at radius 3 is 2.27 bits per heavy atom. The molecule has 0 spiro atoms. The van der Waals surface area contributed by atoms with Crippen molar-refractivity contribution in [1.29, 1.82) is 0 Å². The molecule has 0 fully saturated rings. The summed E-state index contributed by atoms with van der Waals surface area (Å²) in [6, 6.07) is 18.5. The third-order valence-electron chi connectivity index (χ3n) is 4.15. The SMILES string of the molecule is O=C(N/N=C/c1ccccc1OC(=O)c1ccccc1)C(=O)Nc1cccc(C(F)(F)F)c1. The lowest BCUT2D eigenvalue weighted by atomic mass is 10.2. The highest BCUT2D eigenvalue weighted by atomic mass is 19.4. The number of anilines is 1. The van der Waals surface area contributed by atoms with E-state index in [0.29, 0.717) is 17.2 Å². The summed E-state index contributed by atoms with van der Waals surface area (Å²) in [4.78, 5) is 36.1. The molecule has 3 rings (SSSR count). The van der Waals surface area contributed by atoms with Crippen LogP contribution in [0.5, 0.6) is 5.75 Å². The third-order valence-corrected chi connectivity index (χ3v) is 4.15. The molecule has 3 aromatic carbocycles. The van der Waals surface area contributed by atoms with Gasteiger partial charge >= 0.3 is 24.0 Å². The number of nitrogens with zero attached hydrogens (tertiary/aromatic N) is 1. The normalized spacial score (nSPS) is 11.1. The van der Waals surface area contributed by atoms with Crippen molar-refractivity contribution >= 4 is 29.7 Å². The predicted molar refractivity (Wildman–Crippen MR) is 114 cm³/mol. The van der Waals surface area contributed by atoms with E-state index >= 15 is 0 Å². The van der Waals surface area contributed by atoms with Crippen LogP contribution in [-0.4, -0.2) is 24.0 Å². The lowest BCUT2D eigenvalue weighted by molar-refractivity contribution is -0.137. The number of hydrogen-bond donors (Lipinski definition) is 2. The minimum Gasteiger partial charge on any atom is -0.422 e. The largest absolute Gasteiger partial charge is 0.422 e. The van der Waals surface area contributed by atoms with Crippen molar-refractivity contribution in [2.75, 3.05) is 5.32 Å². The standard InChI is InChI=1S/C23H16F3N3O4/c24-23(25,26)17-10-6-11-18(13-17)28-20(30)21(31)29-27-14-16-9-4-5-12-19(16)33-22(32)15-7-2-1-3-8-15/h1-14H,(H,28,30)(H,29,31)/b27-14+. The van der Waals surface area contributed by atoms with E-state index in [0.717, 1.165) is 18.3 Å². The van der Waals surface area contributed by atoms with Gasteiger partial charge in [0.1, 0.15) is 5.75 Å². The van der Waals surface area contributed by atoms with Crippen LogP contribution in [0.3, 0.4) is 0 Å². The van der Waals surface area contributed by atoms with Gasteiger partial charge in [0.15, 0.2) is 0 Å². The van der Waals surface area contributed by atoms with Gasteiger partial charge in [0, 0.05) is 11.3 Å². The van der Waals surface area contributed by atoms with E-state index in [1.807, 2.05) is 5.43 Å². The first-order valence-electron chi connectivity index (χ1n) is 9.42. The molecule has 2 amide bonds. The molecule has 10 heteroatoms. The first-order chi connectivity index (χ1) is 15.7. The van der Waals surface area contributed by atoms with Gasteiger partial charge < -0.3 is 10.1 Å². The zero-order valence-corrected chi connectivity index (χ0v) is 16.8. The molecule has 0 unspecified atom stereocenters. The van der Waals surface area contributed by atoms with E-state index in [-0.39, 0.29) is 11.4 Å². The maximum atomic E-state index is 12.8. The molecule has 3 aromatic rings. The van der Waals surface area contributed by atoms with E-state index in [9.17, 15) is 27.6 Å². The summed E-state index contributed by atoms with van der Waals surface area (Å²) in [6.07, 6.45) is -3.44. The number of carbonyl (C=O) groups is 3. The summed E-state index contributed by atoms with van der Waals surface area (Å²) in [6.45, 7) is 0. The van der Waals surface area contributed by atoms with Gasteiger partial charge in [-0.3, -0.25) is 9.59 Å². The number of nitrogens with one attached hydrogen (secondary N) is 2. The van der Waals surface area contributed by atoms with Gasteiger partial charge in [-0.05, 0) is 42.5 Å². The Morgan fingerprint density at radius 1 is 0.848 bits per heavy atom. The Labute approximate surface area is 185 Å². The highest BCUT2D eigenvalue weighted by Crippen LogP contribution is 2.30. The predicted octanol–water partition coefficient (Wildman–Crippen LogP) is 4.01. The van der Waals surface area contributed by atoms with Gasteiger partial charge in [-0.15, -0.1) is 0 Å². The average Bonchev–Trinajstić information content (AvgIpc) is 2.80.